The lowest BCUT2D eigenvalue weighted by atomic mass is 9.96. The van der Waals surface area contributed by atoms with Gasteiger partial charge in [-0.15, -0.1) is 0 Å². The highest BCUT2D eigenvalue weighted by Crippen LogP contribution is 2.30. The molecule has 0 radical (unpaired) electrons. The van der Waals surface area contributed by atoms with Gasteiger partial charge in [-0.05, 0) is 42.0 Å². The van der Waals surface area contributed by atoms with Gasteiger partial charge in [-0.2, -0.15) is 13.2 Å². The number of hydrogen-bond acceptors (Lipinski definition) is 2. The maximum atomic E-state index is 13.0. The van der Waals surface area contributed by atoms with Crippen molar-refractivity contribution in [3.05, 3.63) is 71.3 Å². The maximum absolute atomic E-state index is 13.0. The number of rotatable bonds is 7. The molecule has 1 fully saturated rings. The maximum Gasteiger partial charge on any atom is 0.416 e. The third-order valence-corrected chi connectivity index (χ3v) is 5.63. The Hall–Kier alpha value is -2.83. The molecule has 166 valence electrons. The molecule has 1 aliphatic rings. The Morgan fingerprint density at radius 1 is 1.00 bits per heavy atom. The van der Waals surface area contributed by atoms with E-state index in [0.29, 0.717) is 25.1 Å². The molecule has 3 rings (SSSR count). The van der Waals surface area contributed by atoms with Crippen molar-refractivity contribution in [2.24, 2.45) is 0 Å². The van der Waals surface area contributed by atoms with E-state index >= 15 is 0 Å². The Labute approximate surface area is 180 Å². The van der Waals surface area contributed by atoms with Gasteiger partial charge < -0.3 is 10.2 Å². The van der Waals surface area contributed by atoms with Crippen molar-refractivity contribution in [3.8, 4) is 0 Å². The summed E-state index contributed by atoms with van der Waals surface area (Å²) in [5.41, 5.74) is 0.886. The zero-order chi connectivity index (χ0) is 22.4. The van der Waals surface area contributed by atoms with Crippen LogP contribution in [0.5, 0.6) is 0 Å². The van der Waals surface area contributed by atoms with Crippen molar-refractivity contribution in [1.82, 2.24) is 10.2 Å². The molecule has 0 saturated carbocycles. The Morgan fingerprint density at radius 2 is 1.61 bits per heavy atom. The second-order valence-corrected chi connectivity index (χ2v) is 8.07. The van der Waals surface area contributed by atoms with Gasteiger partial charge in [0.05, 0.1) is 5.56 Å². The van der Waals surface area contributed by atoms with Crippen LogP contribution in [0.3, 0.4) is 0 Å². The molecule has 0 spiro atoms. The van der Waals surface area contributed by atoms with E-state index in [-0.39, 0.29) is 24.2 Å². The Balaban J connectivity index is 1.65. The van der Waals surface area contributed by atoms with E-state index < -0.39 is 17.8 Å². The number of carbonyl (C=O) groups excluding carboxylic acids is 2. The topological polar surface area (TPSA) is 49.4 Å². The summed E-state index contributed by atoms with van der Waals surface area (Å²) in [4.78, 5) is 27.5. The number of alkyl halides is 3. The van der Waals surface area contributed by atoms with E-state index in [1.807, 2.05) is 30.3 Å². The highest BCUT2D eigenvalue weighted by molar-refractivity contribution is 5.88. The first-order chi connectivity index (χ1) is 14.7. The van der Waals surface area contributed by atoms with Crippen LogP contribution < -0.4 is 5.32 Å². The molecular weight excluding hydrogens is 405 g/mol. The number of amides is 2. The smallest absolute Gasteiger partial charge is 0.344 e. The van der Waals surface area contributed by atoms with Crippen LogP contribution in [-0.4, -0.2) is 35.8 Å². The molecule has 1 aliphatic heterocycles. The van der Waals surface area contributed by atoms with Crippen molar-refractivity contribution < 1.29 is 22.8 Å². The van der Waals surface area contributed by atoms with E-state index in [0.717, 1.165) is 30.5 Å². The number of hydrogen-bond donors (Lipinski definition) is 1. The highest BCUT2D eigenvalue weighted by Gasteiger charge is 2.31. The normalized spacial score (nSPS) is 16.1. The standard InChI is InChI=1S/C24H27F3N2O2/c1-17(19-9-11-20(12-10-19)24(25,26)27)15-22(30)28-21(16-18-7-3-2-4-8-18)23(31)29-13-5-6-14-29/h2-4,7-12,17,21H,5-6,13-16H2,1H3,(H,28,30). The molecule has 2 atom stereocenters. The zero-order valence-electron chi connectivity index (χ0n) is 17.5. The molecule has 0 aliphatic carbocycles. The number of benzene rings is 2. The van der Waals surface area contributed by atoms with Crippen molar-refractivity contribution >= 4 is 11.8 Å². The van der Waals surface area contributed by atoms with Crippen molar-refractivity contribution in [1.29, 1.82) is 0 Å². The molecular formula is C24H27F3N2O2. The molecule has 1 heterocycles. The van der Waals surface area contributed by atoms with Gasteiger partial charge in [-0.3, -0.25) is 9.59 Å². The van der Waals surface area contributed by atoms with E-state index in [2.05, 4.69) is 5.32 Å². The Bertz CT molecular complexity index is 876. The predicted octanol–water partition coefficient (Wildman–Crippen LogP) is 4.55. The largest absolute Gasteiger partial charge is 0.416 e. The van der Waals surface area contributed by atoms with E-state index in [1.54, 1.807) is 11.8 Å². The van der Waals surface area contributed by atoms with Crippen LogP contribution in [0.1, 0.15) is 48.8 Å². The van der Waals surface area contributed by atoms with Gasteiger partial charge in [0, 0.05) is 25.9 Å². The van der Waals surface area contributed by atoms with Gasteiger partial charge in [-0.1, -0.05) is 49.4 Å². The van der Waals surface area contributed by atoms with Gasteiger partial charge in [0.15, 0.2) is 0 Å². The van der Waals surface area contributed by atoms with Crippen LogP contribution in [0, 0.1) is 0 Å². The quantitative estimate of drug-likeness (QED) is 0.698. The Morgan fingerprint density at radius 3 is 2.19 bits per heavy atom. The lowest BCUT2D eigenvalue weighted by Gasteiger charge is -2.25. The first kappa shape index (κ1) is 22.8. The molecule has 0 aromatic heterocycles. The lowest BCUT2D eigenvalue weighted by molar-refractivity contribution is -0.137. The van der Waals surface area contributed by atoms with Crippen molar-refractivity contribution in [2.75, 3.05) is 13.1 Å². The molecule has 2 amide bonds. The summed E-state index contributed by atoms with van der Waals surface area (Å²) in [5.74, 6) is -0.653. The third-order valence-electron chi connectivity index (χ3n) is 5.63. The minimum Gasteiger partial charge on any atom is -0.344 e. The first-order valence-electron chi connectivity index (χ1n) is 10.5. The first-order valence-corrected chi connectivity index (χ1v) is 10.5. The second-order valence-electron chi connectivity index (χ2n) is 8.07. The molecule has 4 nitrogen and oxygen atoms in total. The summed E-state index contributed by atoms with van der Waals surface area (Å²) in [5, 5.41) is 2.87. The van der Waals surface area contributed by atoms with Gasteiger partial charge in [-0.25, -0.2) is 0 Å². The van der Waals surface area contributed by atoms with E-state index in [9.17, 15) is 22.8 Å². The number of nitrogens with one attached hydrogen (secondary N) is 1. The molecule has 0 bridgehead atoms. The molecule has 31 heavy (non-hydrogen) atoms. The summed E-state index contributed by atoms with van der Waals surface area (Å²) < 4.78 is 38.3. The summed E-state index contributed by atoms with van der Waals surface area (Å²) >= 11 is 0. The van der Waals surface area contributed by atoms with Crippen LogP contribution in [0.25, 0.3) is 0 Å². The SMILES string of the molecule is CC(CC(=O)NC(Cc1ccccc1)C(=O)N1CCCC1)c1ccc(C(F)(F)F)cc1. The van der Waals surface area contributed by atoms with Crippen molar-refractivity contribution in [3.63, 3.8) is 0 Å². The number of likely N-dealkylation sites (tertiary alicyclic amines) is 1. The second kappa shape index (κ2) is 9.98. The summed E-state index contributed by atoms with van der Waals surface area (Å²) in [6, 6.07) is 13.7. The monoisotopic (exact) mass is 432 g/mol. The number of carbonyl (C=O) groups is 2. The molecule has 7 heteroatoms. The minimum absolute atomic E-state index is 0.0862. The molecule has 1 saturated heterocycles. The summed E-state index contributed by atoms with van der Waals surface area (Å²) in [6.07, 6.45) is -1.98. The van der Waals surface area contributed by atoms with Gasteiger partial charge in [0.1, 0.15) is 6.04 Å². The van der Waals surface area contributed by atoms with Crippen LogP contribution in [-0.2, 0) is 22.2 Å². The number of halogens is 3. The van der Waals surface area contributed by atoms with E-state index in [1.165, 1.54) is 12.1 Å². The fourth-order valence-electron chi connectivity index (χ4n) is 3.86. The molecule has 2 aromatic rings. The van der Waals surface area contributed by atoms with Gasteiger partial charge in [0.25, 0.3) is 0 Å². The fourth-order valence-corrected chi connectivity index (χ4v) is 3.86. The minimum atomic E-state index is -4.39. The average Bonchev–Trinajstić information content (AvgIpc) is 3.28. The summed E-state index contributed by atoms with van der Waals surface area (Å²) in [7, 11) is 0. The predicted molar refractivity (Wildman–Crippen MR) is 112 cm³/mol. The van der Waals surface area contributed by atoms with Crippen LogP contribution in [0.4, 0.5) is 13.2 Å². The van der Waals surface area contributed by atoms with Gasteiger partial charge >= 0.3 is 6.18 Å². The van der Waals surface area contributed by atoms with Crippen molar-refractivity contribution in [2.45, 2.75) is 50.7 Å². The molecule has 2 aromatic carbocycles. The third kappa shape index (κ3) is 6.32. The van der Waals surface area contributed by atoms with Crippen LogP contribution >= 0.6 is 0 Å². The van der Waals surface area contributed by atoms with Crippen LogP contribution in [0.2, 0.25) is 0 Å². The molecule has 2 unspecified atom stereocenters. The Kier molecular flexibility index (Phi) is 7.36. The summed E-state index contributed by atoms with van der Waals surface area (Å²) in [6.45, 7) is 3.18. The van der Waals surface area contributed by atoms with Gasteiger partial charge in [0.2, 0.25) is 11.8 Å². The number of nitrogens with zero attached hydrogens (tertiary/aromatic N) is 1. The lowest BCUT2D eigenvalue weighted by Crippen LogP contribution is -2.49. The fraction of sp³-hybridized carbons (Fsp3) is 0.417. The van der Waals surface area contributed by atoms with E-state index in [4.69, 9.17) is 0 Å². The zero-order valence-corrected chi connectivity index (χ0v) is 17.5. The highest BCUT2D eigenvalue weighted by atomic mass is 19.4. The van der Waals surface area contributed by atoms with Crippen LogP contribution in [0.15, 0.2) is 54.6 Å². The average molecular weight is 432 g/mol. The molecule has 1 N–H and O–H groups in total.